The van der Waals surface area contributed by atoms with Gasteiger partial charge in [0.25, 0.3) is 0 Å². The summed E-state index contributed by atoms with van der Waals surface area (Å²) in [7, 11) is 0. The molecule has 1 N–H and O–H groups in total. The molecule has 0 atom stereocenters. The number of anilines is 8. The molecule has 1 aliphatic heterocycles. The predicted molar refractivity (Wildman–Crippen MR) is 306 cm³/mol. The van der Waals surface area contributed by atoms with Gasteiger partial charge in [0.15, 0.2) is 0 Å². The lowest BCUT2D eigenvalue weighted by molar-refractivity contribution is 1.31. The quantitative estimate of drug-likeness (QED) is 0.0916. The maximum atomic E-state index is 5.25. The van der Waals surface area contributed by atoms with Crippen molar-refractivity contribution in [1.29, 1.82) is 0 Å². The first kappa shape index (κ1) is 44.2. The highest BCUT2D eigenvalue weighted by atomic mass is 32.2. The van der Waals surface area contributed by atoms with E-state index in [0.29, 0.717) is 0 Å². The van der Waals surface area contributed by atoms with Gasteiger partial charge in [0.1, 0.15) is 0 Å². The molecule has 10 aromatic carbocycles. The van der Waals surface area contributed by atoms with Crippen molar-refractivity contribution in [2.75, 3.05) is 19.2 Å². The molecule has 1 aromatic heterocycles. The summed E-state index contributed by atoms with van der Waals surface area (Å²) >= 11 is 1.69. The van der Waals surface area contributed by atoms with Gasteiger partial charge in [0.05, 0.1) is 39.8 Å². The maximum Gasteiger partial charge on any atom is 0.420 e. The molecule has 12 rings (SSSR count). The third-order valence-electron chi connectivity index (χ3n) is 13.1. The molecule has 0 unspecified atom stereocenters. The maximum absolute atomic E-state index is 5.25. The van der Waals surface area contributed by atoms with E-state index in [1.165, 1.54) is 27.7 Å². The number of fused-ring (bicyclic) bond motifs is 1. The summed E-state index contributed by atoms with van der Waals surface area (Å²) in [6, 6.07) is 101. The van der Waals surface area contributed by atoms with Crippen LogP contribution < -0.4 is 24.7 Å². The molecule has 0 fully saturated rings. The van der Waals surface area contributed by atoms with Crippen molar-refractivity contribution in [2.24, 2.45) is 0 Å². The van der Waals surface area contributed by atoms with Crippen LogP contribution in [0.3, 0.4) is 0 Å². The highest BCUT2D eigenvalue weighted by molar-refractivity contribution is 8.01. The Kier molecular flexibility index (Phi) is 12.4. The van der Waals surface area contributed by atoms with Gasteiger partial charge in [-0.25, -0.2) is 4.98 Å². The third kappa shape index (κ3) is 9.13. The highest BCUT2D eigenvalue weighted by Gasteiger charge is 2.43. The molecule has 0 spiro atoms. The van der Waals surface area contributed by atoms with Gasteiger partial charge in [-0.05, 0) is 137 Å². The van der Waals surface area contributed by atoms with Gasteiger partial charge in [-0.3, -0.25) is 4.31 Å². The molecule has 5 nitrogen and oxygen atoms in total. The van der Waals surface area contributed by atoms with Gasteiger partial charge < -0.3 is 14.9 Å². The van der Waals surface area contributed by atoms with Gasteiger partial charge in [-0.15, -0.1) is 0 Å². The molecule has 342 valence electrons. The second-order valence-corrected chi connectivity index (χ2v) is 18.7. The van der Waals surface area contributed by atoms with E-state index in [-0.39, 0.29) is 6.98 Å². The standard InChI is InChI=1S/C65H48BN5S/c1-5-20-48(21-6-1)52-24-17-26-55(46-52)67-62-32-13-14-35-63(62)71(57-29-11-4-12-30-57)72-59-44-40-51(41-45-59)61-34-19-33-60(68-61)50-38-42-54(43-39-50)66-69(56-27-9-3-10-28-56)64-36-15-16-37-65(64)70(66)58-31-18-25-53(47-58)49-22-7-2-8-23-49/h1-47,67H. The summed E-state index contributed by atoms with van der Waals surface area (Å²) in [5, 5.41) is 3.75. The van der Waals surface area contributed by atoms with Crippen LogP contribution in [-0.4, -0.2) is 12.0 Å². The van der Waals surface area contributed by atoms with Gasteiger partial charge in [0, 0.05) is 33.1 Å². The molecule has 0 aliphatic carbocycles. The van der Waals surface area contributed by atoms with E-state index in [1.807, 2.05) is 0 Å². The van der Waals surface area contributed by atoms with E-state index in [1.54, 1.807) is 11.9 Å². The number of rotatable bonds is 13. The summed E-state index contributed by atoms with van der Waals surface area (Å²) in [5.74, 6) is 0. The van der Waals surface area contributed by atoms with Crippen LogP contribution in [0.5, 0.6) is 0 Å². The zero-order chi connectivity index (χ0) is 48.1. The molecule has 2 heterocycles. The van der Waals surface area contributed by atoms with Crippen molar-refractivity contribution >= 4 is 69.9 Å². The lowest BCUT2D eigenvalue weighted by Gasteiger charge is -2.30. The zero-order valence-electron chi connectivity index (χ0n) is 39.4. The van der Waals surface area contributed by atoms with Crippen LogP contribution in [-0.2, 0) is 0 Å². The van der Waals surface area contributed by atoms with Crippen LogP contribution in [0, 0.1) is 0 Å². The van der Waals surface area contributed by atoms with E-state index >= 15 is 0 Å². The molecule has 0 saturated heterocycles. The summed E-state index contributed by atoms with van der Waals surface area (Å²) in [5.41, 5.74) is 18.6. The molecule has 72 heavy (non-hydrogen) atoms. The van der Waals surface area contributed by atoms with Crippen molar-refractivity contribution in [3.63, 3.8) is 0 Å². The predicted octanol–water partition coefficient (Wildman–Crippen LogP) is 17.0. The second kappa shape index (κ2) is 20.1. The van der Waals surface area contributed by atoms with Crippen LogP contribution in [0.25, 0.3) is 44.8 Å². The summed E-state index contributed by atoms with van der Waals surface area (Å²) in [6.45, 7) is -0.139. The SMILES string of the molecule is c1ccc(-c2cccc(Nc3ccccc3N(Sc3ccc(-c4cccc(-c5ccc(B6N(c7ccccc7)c7ccccc7N6c6cccc(-c7ccccc7)c6)cc5)n4)cc3)c3ccccc3)c2)cc1. The minimum absolute atomic E-state index is 0.139. The molecule has 0 saturated carbocycles. The average molecular weight is 942 g/mol. The fraction of sp³-hybridized carbons (Fsp3) is 0. The summed E-state index contributed by atoms with van der Waals surface area (Å²) < 4.78 is 2.30. The second-order valence-electron chi connectivity index (χ2n) is 17.7. The van der Waals surface area contributed by atoms with Crippen molar-refractivity contribution in [1.82, 2.24) is 4.98 Å². The lowest BCUT2D eigenvalue weighted by atomic mass is 9.64. The van der Waals surface area contributed by atoms with E-state index in [2.05, 4.69) is 304 Å². The first-order chi connectivity index (χ1) is 35.7. The Bertz CT molecular complexity index is 3600. The topological polar surface area (TPSA) is 34.6 Å². The highest BCUT2D eigenvalue weighted by Crippen LogP contribution is 2.47. The largest absolute Gasteiger partial charge is 0.420 e. The fourth-order valence-corrected chi connectivity index (χ4v) is 10.6. The number of benzene rings is 10. The van der Waals surface area contributed by atoms with E-state index < -0.39 is 0 Å². The fourth-order valence-electron chi connectivity index (χ4n) is 9.66. The normalized spacial score (nSPS) is 11.9. The molecule has 0 amide bonds. The van der Waals surface area contributed by atoms with Gasteiger partial charge in [-0.2, -0.15) is 0 Å². The molecular weight excluding hydrogens is 894 g/mol. The Balaban J connectivity index is 0.821. The van der Waals surface area contributed by atoms with Crippen molar-refractivity contribution < 1.29 is 0 Å². The Morgan fingerprint density at radius 3 is 1.51 bits per heavy atom. The van der Waals surface area contributed by atoms with Crippen molar-refractivity contribution in [3.8, 4) is 44.8 Å². The Morgan fingerprint density at radius 1 is 0.375 bits per heavy atom. The van der Waals surface area contributed by atoms with Crippen molar-refractivity contribution in [2.45, 2.75) is 4.90 Å². The lowest BCUT2D eigenvalue weighted by Crippen LogP contribution is -2.53. The van der Waals surface area contributed by atoms with Crippen molar-refractivity contribution in [3.05, 3.63) is 285 Å². The molecule has 0 bridgehead atoms. The molecular formula is C65H48BN5S. The number of nitrogens with one attached hydrogen (secondary N) is 1. The smallest absolute Gasteiger partial charge is 0.360 e. The van der Waals surface area contributed by atoms with Gasteiger partial charge in [0.2, 0.25) is 0 Å². The monoisotopic (exact) mass is 941 g/mol. The van der Waals surface area contributed by atoms with Crippen LogP contribution >= 0.6 is 11.9 Å². The molecule has 1 aliphatic rings. The minimum Gasteiger partial charge on any atom is -0.360 e. The summed E-state index contributed by atoms with van der Waals surface area (Å²) in [4.78, 5) is 11.3. The number of para-hydroxylation sites is 6. The Hall–Kier alpha value is -9.04. The first-order valence-corrected chi connectivity index (χ1v) is 25.1. The number of nitrogens with zero attached hydrogens (tertiary/aromatic N) is 4. The zero-order valence-corrected chi connectivity index (χ0v) is 40.2. The molecule has 0 radical (unpaired) electrons. The van der Waals surface area contributed by atoms with E-state index in [9.17, 15) is 0 Å². The van der Waals surface area contributed by atoms with Gasteiger partial charge in [-0.1, -0.05) is 188 Å². The Morgan fingerprint density at radius 2 is 0.861 bits per heavy atom. The van der Waals surface area contributed by atoms with Gasteiger partial charge >= 0.3 is 6.98 Å². The van der Waals surface area contributed by atoms with Crippen LogP contribution in [0.2, 0.25) is 0 Å². The average Bonchev–Trinajstić information content (AvgIpc) is 3.81. The third-order valence-corrected chi connectivity index (χ3v) is 14.2. The number of hydrogen-bond donors (Lipinski definition) is 1. The van der Waals surface area contributed by atoms with E-state index in [0.717, 1.165) is 72.9 Å². The summed E-state index contributed by atoms with van der Waals surface area (Å²) in [6.07, 6.45) is 0. The van der Waals surface area contributed by atoms with Crippen LogP contribution in [0.1, 0.15) is 0 Å². The number of hydrogen-bond acceptors (Lipinski definition) is 6. The Labute approximate surface area is 426 Å². The van der Waals surface area contributed by atoms with Crippen LogP contribution in [0.4, 0.5) is 45.5 Å². The van der Waals surface area contributed by atoms with Crippen LogP contribution in [0.15, 0.2) is 290 Å². The first-order valence-electron chi connectivity index (χ1n) is 24.3. The molecule has 11 aromatic rings. The molecule has 7 heteroatoms. The number of pyridine rings is 1. The number of aromatic nitrogens is 1. The van der Waals surface area contributed by atoms with E-state index in [4.69, 9.17) is 4.98 Å². The minimum atomic E-state index is -0.139.